The molecule has 1 fully saturated rings. The number of carbonyl (C=O) groups excluding carboxylic acids is 1. The molecule has 1 aromatic heterocycles. The van der Waals surface area contributed by atoms with Crippen LogP contribution in [0, 0.1) is 5.41 Å². The summed E-state index contributed by atoms with van der Waals surface area (Å²) in [5.41, 5.74) is 6.84. The average molecular weight is 304 g/mol. The molecule has 1 aromatic carbocycles. The fraction of sp³-hybridized carbons (Fsp3) is 0.375. The Morgan fingerprint density at radius 1 is 1.33 bits per heavy atom. The van der Waals surface area contributed by atoms with E-state index in [9.17, 15) is 4.79 Å². The second-order valence-electron chi connectivity index (χ2n) is 5.64. The Hall–Kier alpha value is -1.65. The Labute approximate surface area is 128 Å². The minimum Gasteiger partial charge on any atom is -0.329 e. The van der Waals surface area contributed by atoms with Gasteiger partial charge >= 0.3 is 0 Å². The van der Waals surface area contributed by atoms with E-state index in [0.29, 0.717) is 22.8 Å². The number of hydrogen-bond acceptors (Lipinski definition) is 3. The van der Waals surface area contributed by atoms with Gasteiger partial charge in [0.1, 0.15) is 0 Å². The summed E-state index contributed by atoms with van der Waals surface area (Å²) in [7, 11) is 0. The number of rotatable bonds is 3. The van der Waals surface area contributed by atoms with E-state index in [1.807, 2.05) is 12.1 Å². The zero-order chi connectivity index (χ0) is 14.9. The zero-order valence-corrected chi connectivity index (χ0v) is 12.5. The van der Waals surface area contributed by atoms with Crippen LogP contribution in [0.15, 0.2) is 30.5 Å². The molecular weight excluding hydrogens is 286 g/mol. The van der Waals surface area contributed by atoms with Crippen LogP contribution in [0.5, 0.6) is 0 Å². The number of nitrogens with one attached hydrogen (secondary N) is 1. The van der Waals surface area contributed by atoms with Crippen LogP contribution < -0.4 is 11.1 Å². The highest BCUT2D eigenvalue weighted by atomic mass is 35.5. The maximum absolute atomic E-state index is 12.6. The van der Waals surface area contributed by atoms with E-state index in [0.717, 1.165) is 31.1 Å². The van der Waals surface area contributed by atoms with Gasteiger partial charge in [-0.15, -0.1) is 0 Å². The molecule has 0 saturated heterocycles. The summed E-state index contributed by atoms with van der Waals surface area (Å²) >= 11 is 6.17. The normalized spacial score (nSPS) is 17.0. The highest BCUT2D eigenvalue weighted by molar-refractivity contribution is 6.35. The van der Waals surface area contributed by atoms with Crippen molar-refractivity contribution in [1.82, 2.24) is 4.98 Å². The second-order valence-corrected chi connectivity index (χ2v) is 6.05. The van der Waals surface area contributed by atoms with Gasteiger partial charge in [0.2, 0.25) is 5.91 Å². The first-order valence-corrected chi connectivity index (χ1v) is 7.59. The molecule has 3 rings (SSSR count). The van der Waals surface area contributed by atoms with E-state index in [-0.39, 0.29) is 5.91 Å². The highest BCUT2D eigenvalue weighted by Crippen LogP contribution is 2.39. The van der Waals surface area contributed by atoms with Gasteiger partial charge in [0.15, 0.2) is 0 Å². The fourth-order valence-electron chi connectivity index (χ4n) is 3.07. The van der Waals surface area contributed by atoms with Gasteiger partial charge in [-0.05, 0) is 37.1 Å². The van der Waals surface area contributed by atoms with Crippen LogP contribution >= 0.6 is 11.6 Å². The number of anilines is 1. The molecule has 0 unspecified atom stereocenters. The summed E-state index contributed by atoms with van der Waals surface area (Å²) in [5, 5.41) is 4.47. The van der Waals surface area contributed by atoms with Crippen LogP contribution in [0.25, 0.3) is 10.9 Å². The van der Waals surface area contributed by atoms with E-state index in [1.165, 1.54) is 0 Å². The molecule has 1 amide bonds. The number of nitrogens with two attached hydrogens (primary N) is 1. The highest BCUT2D eigenvalue weighted by Gasteiger charge is 2.39. The third-order valence-corrected chi connectivity index (χ3v) is 4.73. The van der Waals surface area contributed by atoms with Crippen molar-refractivity contribution in [2.24, 2.45) is 11.1 Å². The molecule has 0 bridgehead atoms. The molecule has 21 heavy (non-hydrogen) atoms. The summed E-state index contributed by atoms with van der Waals surface area (Å²) in [6, 6.07) is 7.31. The van der Waals surface area contributed by atoms with Crippen LogP contribution in [-0.4, -0.2) is 17.4 Å². The smallest absolute Gasteiger partial charge is 0.231 e. The Morgan fingerprint density at radius 3 is 2.81 bits per heavy atom. The van der Waals surface area contributed by atoms with Gasteiger partial charge in [0, 0.05) is 18.1 Å². The average Bonchev–Trinajstić information content (AvgIpc) is 3.00. The Bertz CT molecular complexity index is 680. The molecule has 1 aliphatic rings. The van der Waals surface area contributed by atoms with Gasteiger partial charge in [-0.3, -0.25) is 9.78 Å². The van der Waals surface area contributed by atoms with Crippen molar-refractivity contribution in [2.75, 3.05) is 11.9 Å². The van der Waals surface area contributed by atoms with Crippen molar-refractivity contribution >= 4 is 34.1 Å². The van der Waals surface area contributed by atoms with Gasteiger partial charge in [-0.25, -0.2) is 0 Å². The summed E-state index contributed by atoms with van der Waals surface area (Å²) in [5.74, 6) is -0.00299. The maximum Gasteiger partial charge on any atom is 0.231 e. The first-order valence-electron chi connectivity index (χ1n) is 7.21. The molecular formula is C16H18ClN3O. The number of carbonyl (C=O) groups is 1. The predicted octanol–water partition coefficient (Wildman–Crippen LogP) is 3.35. The number of aromatic nitrogens is 1. The molecule has 4 nitrogen and oxygen atoms in total. The molecule has 0 spiro atoms. The van der Waals surface area contributed by atoms with Crippen LogP contribution in [0.1, 0.15) is 25.7 Å². The molecule has 1 saturated carbocycles. The van der Waals surface area contributed by atoms with E-state index in [4.69, 9.17) is 17.3 Å². The quantitative estimate of drug-likeness (QED) is 0.913. The minimum absolute atomic E-state index is 0.00299. The molecule has 0 atom stereocenters. The minimum atomic E-state index is -0.430. The fourth-order valence-corrected chi connectivity index (χ4v) is 3.28. The summed E-state index contributed by atoms with van der Waals surface area (Å²) in [6.45, 7) is 0.387. The molecule has 1 heterocycles. The van der Waals surface area contributed by atoms with E-state index < -0.39 is 5.41 Å². The van der Waals surface area contributed by atoms with E-state index in [1.54, 1.807) is 18.3 Å². The van der Waals surface area contributed by atoms with Crippen molar-refractivity contribution in [3.05, 3.63) is 35.5 Å². The SMILES string of the molecule is NCC1(C(=O)Nc2ccc(Cl)c3cccnc23)CCCC1. The Balaban J connectivity index is 1.95. The Morgan fingerprint density at radius 2 is 2.10 bits per heavy atom. The number of halogens is 1. The molecule has 3 N–H and O–H groups in total. The Kier molecular flexibility index (Phi) is 3.83. The lowest BCUT2D eigenvalue weighted by Crippen LogP contribution is -2.40. The lowest BCUT2D eigenvalue weighted by atomic mass is 9.85. The third-order valence-electron chi connectivity index (χ3n) is 4.40. The first-order chi connectivity index (χ1) is 10.2. The molecule has 0 aliphatic heterocycles. The van der Waals surface area contributed by atoms with Crippen molar-refractivity contribution in [1.29, 1.82) is 0 Å². The topological polar surface area (TPSA) is 68.0 Å². The van der Waals surface area contributed by atoms with Gasteiger partial charge < -0.3 is 11.1 Å². The first kappa shape index (κ1) is 14.3. The lowest BCUT2D eigenvalue weighted by Gasteiger charge is -2.26. The van der Waals surface area contributed by atoms with E-state index >= 15 is 0 Å². The zero-order valence-electron chi connectivity index (χ0n) is 11.7. The second kappa shape index (κ2) is 5.62. The number of benzene rings is 1. The third kappa shape index (κ3) is 2.49. The standard InChI is InChI=1S/C16H18ClN3O/c17-12-5-6-13(14-11(12)4-3-9-19-14)20-15(21)16(10-18)7-1-2-8-16/h3-6,9H,1-2,7-8,10,18H2,(H,20,21). The van der Waals surface area contributed by atoms with Crippen LogP contribution in [-0.2, 0) is 4.79 Å². The molecule has 110 valence electrons. The number of pyridine rings is 1. The van der Waals surface area contributed by atoms with Crippen LogP contribution in [0.4, 0.5) is 5.69 Å². The van der Waals surface area contributed by atoms with E-state index in [2.05, 4.69) is 10.3 Å². The largest absolute Gasteiger partial charge is 0.329 e. The number of fused-ring (bicyclic) bond motifs is 1. The summed E-state index contributed by atoms with van der Waals surface area (Å²) < 4.78 is 0. The molecule has 1 aliphatic carbocycles. The summed E-state index contributed by atoms with van der Waals surface area (Å²) in [4.78, 5) is 17.0. The number of nitrogens with zero attached hydrogens (tertiary/aromatic N) is 1. The van der Waals surface area contributed by atoms with Crippen molar-refractivity contribution in [2.45, 2.75) is 25.7 Å². The molecule has 0 radical (unpaired) electrons. The molecule has 2 aromatic rings. The number of hydrogen-bond donors (Lipinski definition) is 2. The summed E-state index contributed by atoms with van der Waals surface area (Å²) in [6.07, 6.45) is 5.53. The van der Waals surface area contributed by atoms with Crippen molar-refractivity contribution in [3.63, 3.8) is 0 Å². The van der Waals surface area contributed by atoms with Crippen LogP contribution in [0.2, 0.25) is 5.02 Å². The van der Waals surface area contributed by atoms with Gasteiger partial charge in [0.05, 0.1) is 21.6 Å². The van der Waals surface area contributed by atoms with Gasteiger partial charge in [-0.1, -0.05) is 24.4 Å². The van der Waals surface area contributed by atoms with Crippen molar-refractivity contribution < 1.29 is 4.79 Å². The monoisotopic (exact) mass is 303 g/mol. The van der Waals surface area contributed by atoms with Gasteiger partial charge in [0.25, 0.3) is 0 Å². The lowest BCUT2D eigenvalue weighted by molar-refractivity contribution is -0.124. The van der Waals surface area contributed by atoms with Gasteiger partial charge in [-0.2, -0.15) is 0 Å². The molecule has 5 heteroatoms. The van der Waals surface area contributed by atoms with Crippen LogP contribution in [0.3, 0.4) is 0 Å². The number of amides is 1. The maximum atomic E-state index is 12.6. The van der Waals surface area contributed by atoms with Crippen molar-refractivity contribution in [3.8, 4) is 0 Å². The predicted molar refractivity (Wildman–Crippen MR) is 85.3 cm³/mol.